The summed E-state index contributed by atoms with van der Waals surface area (Å²) in [5, 5.41) is 3.37. The lowest BCUT2D eigenvalue weighted by Crippen LogP contribution is -1.97. The standard InChI is InChI=1S/C12H14N2S/c1-2-10-3-5-11(6-4-10)14-8-12-7-13-9-15-12/h3-7,9,14H,2,8H2,1H3. The number of anilines is 1. The van der Waals surface area contributed by atoms with Crippen LogP contribution in [0.15, 0.2) is 36.0 Å². The number of thiazole rings is 1. The van der Waals surface area contributed by atoms with E-state index in [0.29, 0.717) is 0 Å². The summed E-state index contributed by atoms with van der Waals surface area (Å²) < 4.78 is 0. The van der Waals surface area contributed by atoms with E-state index in [-0.39, 0.29) is 0 Å². The number of hydrogen-bond acceptors (Lipinski definition) is 3. The van der Waals surface area contributed by atoms with Crippen LogP contribution in [-0.2, 0) is 13.0 Å². The summed E-state index contributed by atoms with van der Waals surface area (Å²) >= 11 is 1.68. The predicted octanol–water partition coefficient (Wildman–Crippen LogP) is 3.32. The van der Waals surface area contributed by atoms with Gasteiger partial charge < -0.3 is 5.32 Å². The van der Waals surface area contributed by atoms with Crippen LogP contribution < -0.4 is 5.32 Å². The number of nitrogens with zero attached hydrogens (tertiary/aromatic N) is 1. The van der Waals surface area contributed by atoms with Crippen molar-refractivity contribution in [1.82, 2.24) is 4.98 Å². The highest BCUT2D eigenvalue weighted by Gasteiger charge is 1.95. The summed E-state index contributed by atoms with van der Waals surface area (Å²) in [4.78, 5) is 5.30. The minimum Gasteiger partial charge on any atom is -0.380 e. The molecule has 0 aliphatic heterocycles. The SMILES string of the molecule is CCc1ccc(NCc2cncs2)cc1. The van der Waals surface area contributed by atoms with Crippen LogP contribution in [0.5, 0.6) is 0 Å². The molecule has 3 heteroatoms. The zero-order valence-corrected chi connectivity index (χ0v) is 9.55. The van der Waals surface area contributed by atoms with Gasteiger partial charge in [-0.3, -0.25) is 4.98 Å². The van der Waals surface area contributed by atoms with E-state index < -0.39 is 0 Å². The van der Waals surface area contributed by atoms with E-state index in [4.69, 9.17) is 0 Å². The van der Waals surface area contributed by atoms with Gasteiger partial charge >= 0.3 is 0 Å². The van der Waals surface area contributed by atoms with E-state index >= 15 is 0 Å². The minimum atomic E-state index is 0.857. The van der Waals surface area contributed by atoms with Crippen molar-refractivity contribution in [2.45, 2.75) is 19.9 Å². The van der Waals surface area contributed by atoms with Gasteiger partial charge in [0.25, 0.3) is 0 Å². The van der Waals surface area contributed by atoms with Gasteiger partial charge in [0.2, 0.25) is 0 Å². The monoisotopic (exact) mass is 218 g/mol. The fourth-order valence-corrected chi connectivity index (χ4v) is 1.91. The molecule has 0 aliphatic carbocycles. The highest BCUT2D eigenvalue weighted by Crippen LogP contribution is 2.13. The Labute approximate surface area is 94.0 Å². The molecule has 2 rings (SSSR count). The van der Waals surface area contributed by atoms with E-state index in [9.17, 15) is 0 Å². The molecular formula is C12H14N2S. The Morgan fingerprint density at radius 2 is 2.07 bits per heavy atom. The molecule has 0 atom stereocenters. The molecule has 0 spiro atoms. The fraction of sp³-hybridized carbons (Fsp3) is 0.250. The lowest BCUT2D eigenvalue weighted by molar-refractivity contribution is 1.13. The van der Waals surface area contributed by atoms with E-state index in [2.05, 4.69) is 41.5 Å². The Balaban J connectivity index is 1.93. The molecule has 0 saturated heterocycles. The first kappa shape index (κ1) is 10.2. The molecule has 0 bridgehead atoms. The largest absolute Gasteiger partial charge is 0.380 e. The van der Waals surface area contributed by atoms with Gasteiger partial charge in [0, 0.05) is 16.8 Å². The zero-order chi connectivity index (χ0) is 10.5. The van der Waals surface area contributed by atoms with Crippen molar-refractivity contribution in [3.63, 3.8) is 0 Å². The average molecular weight is 218 g/mol. The topological polar surface area (TPSA) is 24.9 Å². The summed E-state index contributed by atoms with van der Waals surface area (Å²) in [6.07, 6.45) is 2.99. The molecule has 78 valence electrons. The highest BCUT2D eigenvalue weighted by molar-refractivity contribution is 7.09. The van der Waals surface area contributed by atoms with Crippen molar-refractivity contribution in [1.29, 1.82) is 0 Å². The van der Waals surface area contributed by atoms with E-state index in [1.807, 2.05) is 11.7 Å². The quantitative estimate of drug-likeness (QED) is 0.851. The highest BCUT2D eigenvalue weighted by atomic mass is 32.1. The van der Waals surface area contributed by atoms with Crippen molar-refractivity contribution < 1.29 is 0 Å². The molecule has 0 radical (unpaired) electrons. The molecule has 2 aromatic rings. The van der Waals surface area contributed by atoms with E-state index in [0.717, 1.165) is 13.0 Å². The van der Waals surface area contributed by atoms with Crippen LogP contribution in [0.1, 0.15) is 17.4 Å². The van der Waals surface area contributed by atoms with Crippen LogP contribution in [0, 0.1) is 0 Å². The molecular weight excluding hydrogens is 204 g/mol. The molecule has 0 aliphatic rings. The third-order valence-electron chi connectivity index (χ3n) is 2.31. The van der Waals surface area contributed by atoms with Gasteiger partial charge in [0.05, 0.1) is 12.1 Å². The first-order valence-corrected chi connectivity index (χ1v) is 5.96. The van der Waals surface area contributed by atoms with Crippen LogP contribution in [0.2, 0.25) is 0 Å². The second-order valence-corrected chi connectivity index (χ2v) is 4.34. The van der Waals surface area contributed by atoms with Crippen LogP contribution in [0.25, 0.3) is 0 Å². The first-order chi connectivity index (χ1) is 7.38. The van der Waals surface area contributed by atoms with Crippen molar-refractivity contribution in [3.8, 4) is 0 Å². The third-order valence-corrected chi connectivity index (χ3v) is 3.09. The van der Waals surface area contributed by atoms with E-state index in [1.165, 1.54) is 16.1 Å². The summed E-state index contributed by atoms with van der Waals surface area (Å²) in [5.74, 6) is 0. The number of benzene rings is 1. The maximum Gasteiger partial charge on any atom is 0.0794 e. The summed E-state index contributed by atoms with van der Waals surface area (Å²) in [5.41, 5.74) is 4.40. The smallest absolute Gasteiger partial charge is 0.0794 e. The molecule has 1 aromatic heterocycles. The van der Waals surface area contributed by atoms with Gasteiger partial charge in [0.1, 0.15) is 0 Å². The second-order valence-electron chi connectivity index (χ2n) is 3.37. The third kappa shape index (κ3) is 2.80. The Kier molecular flexibility index (Phi) is 3.35. The lowest BCUT2D eigenvalue weighted by Gasteiger charge is -2.05. The molecule has 0 fully saturated rings. The van der Waals surface area contributed by atoms with Crippen LogP contribution >= 0.6 is 11.3 Å². The van der Waals surface area contributed by atoms with Gasteiger partial charge in [-0.1, -0.05) is 19.1 Å². The number of rotatable bonds is 4. The average Bonchev–Trinajstić information content (AvgIpc) is 2.80. The van der Waals surface area contributed by atoms with Crippen molar-refractivity contribution in [2.75, 3.05) is 5.32 Å². The Morgan fingerprint density at radius 3 is 2.67 bits per heavy atom. The maximum atomic E-state index is 4.04. The molecule has 2 nitrogen and oxygen atoms in total. The van der Waals surface area contributed by atoms with Crippen molar-refractivity contribution in [2.24, 2.45) is 0 Å². The maximum absolute atomic E-state index is 4.04. The normalized spacial score (nSPS) is 10.2. The van der Waals surface area contributed by atoms with Gasteiger partial charge in [-0.15, -0.1) is 11.3 Å². The van der Waals surface area contributed by atoms with Gasteiger partial charge in [-0.05, 0) is 24.1 Å². The van der Waals surface area contributed by atoms with E-state index in [1.54, 1.807) is 11.3 Å². The lowest BCUT2D eigenvalue weighted by atomic mass is 10.1. The number of hydrogen-bond donors (Lipinski definition) is 1. The molecule has 1 aromatic carbocycles. The van der Waals surface area contributed by atoms with Crippen LogP contribution in [-0.4, -0.2) is 4.98 Å². The second kappa shape index (κ2) is 4.94. The summed E-state index contributed by atoms with van der Waals surface area (Å²) in [7, 11) is 0. The molecule has 1 heterocycles. The first-order valence-electron chi connectivity index (χ1n) is 5.08. The molecule has 0 unspecified atom stereocenters. The van der Waals surface area contributed by atoms with Gasteiger partial charge in [-0.2, -0.15) is 0 Å². The van der Waals surface area contributed by atoms with Crippen LogP contribution in [0.4, 0.5) is 5.69 Å². The molecule has 15 heavy (non-hydrogen) atoms. The van der Waals surface area contributed by atoms with Gasteiger partial charge in [-0.25, -0.2) is 0 Å². The molecule has 1 N–H and O–H groups in total. The number of aryl methyl sites for hydroxylation is 1. The van der Waals surface area contributed by atoms with Gasteiger partial charge in [0.15, 0.2) is 0 Å². The zero-order valence-electron chi connectivity index (χ0n) is 8.73. The van der Waals surface area contributed by atoms with Crippen molar-refractivity contribution >= 4 is 17.0 Å². The van der Waals surface area contributed by atoms with Crippen molar-refractivity contribution in [3.05, 3.63) is 46.4 Å². The Bertz CT molecular complexity index is 392. The van der Waals surface area contributed by atoms with Crippen LogP contribution in [0.3, 0.4) is 0 Å². The number of aromatic nitrogens is 1. The summed E-state index contributed by atoms with van der Waals surface area (Å²) in [6.45, 7) is 3.02. The Hall–Kier alpha value is -1.35. The fourth-order valence-electron chi connectivity index (χ4n) is 1.38. The predicted molar refractivity (Wildman–Crippen MR) is 65.3 cm³/mol. The Morgan fingerprint density at radius 1 is 1.27 bits per heavy atom. The summed E-state index contributed by atoms with van der Waals surface area (Å²) in [6, 6.07) is 8.57. The molecule has 0 saturated carbocycles. The molecule has 0 amide bonds. The number of nitrogens with one attached hydrogen (secondary N) is 1. The minimum absolute atomic E-state index is 0.857.